The Kier molecular flexibility index (Phi) is 9.90. The summed E-state index contributed by atoms with van der Waals surface area (Å²) >= 11 is 0. The predicted octanol–water partition coefficient (Wildman–Crippen LogP) is 4.96. The Morgan fingerprint density at radius 2 is 1.66 bits per heavy atom. The molecule has 1 saturated heterocycles. The Balaban J connectivity index is 1.15. The summed E-state index contributed by atoms with van der Waals surface area (Å²) in [5.74, 6) is -0.714. The molecule has 1 atom stereocenters. The Labute approximate surface area is 305 Å². The van der Waals surface area contributed by atoms with Gasteiger partial charge in [0.2, 0.25) is 11.8 Å². The lowest BCUT2D eigenvalue weighted by atomic mass is 9.85. The number of anilines is 1. The topological polar surface area (TPSA) is 136 Å². The SMILES string of the molecule is COc1ccc2cc1Oc1cc(F)cc(c1)CNC(=O)C1(CCN(C(=O)C3CC(=O)N(C)c4ccccc43)CC1)Oc1ccc(cc1)OCCNC2=O. The van der Waals surface area contributed by atoms with Crippen molar-refractivity contribution in [2.24, 2.45) is 0 Å². The van der Waals surface area contributed by atoms with Gasteiger partial charge in [0, 0.05) is 63.3 Å². The maximum absolute atomic E-state index is 14.9. The average molecular weight is 723 g/mol. The van der Waals surface area contributed by atoms with E-state index in [1.165, 1.54) is 25.3 Å². The van der Waals surface area contributed by atoms with Crippen LogP contribution in [0.3, 0.4) is 0 Å². The van der Waals surface area contributed by atoms with Gasteiger partial charge in [-0.3, -0.25) is 19.2 Å². The first-order valence-electron chi connectivity index (χ1n) is 17.4. The van der Waals surface area contributed by atoms with Crippen LogP contribution >= 0.6 is 0 Å². The van der Waals surface area contributed by atoms with Crippen LogP contribution in [0.4, 0.5) is 10.1 Å². The molecule has 4 aromatic rings. The minimum atomic E-state index is -1.37. The molecular weight excluding hydrogens is 683 g/mol. The first-order valence-corrected chi connectivity index (χ1v) is 17.4. The summed E-state index contributed by atoms with van der Waals surface area (Å²) in [7, 11) is 3.16. The zero-order valence-electron chi connectivity index (χ0n) is 29.4. The van der Waals surface area contributed by atoms with Gasteiger partial charge in [-0.2, -0.15) is 0 Å². The molecule has 4 aromatic carbocycles. The van der Waals surface area contributed by atoms with Crippen LogP contribution < -0.4 is 34.5 Å². The summed E-state index contributed by atoms with van der Waals surface area (Å²) in [5.41, 5.74) is 0.853. The molecule has 0 saturated carbocycles. The van der Waals surface area contributed by atoms with Crippen LogP contribution in [0.5, 0.6) is 28.7 Å². The highest BCUT2D eigenvalue weighted by Crippen LogP contribution is 2.38. The number of para-hydroxylation sites is 1. The van der Waals surface area contributed by atoms with Crippen LogP contribution in [0.2, 0.25) is 0 Å². The monoisotopic (exact) mass is 722 g/mol. The number of nitrogens with zero attached hydrogens (tertiary/aromatic N) is 2. The molecule has 1 fully saturated rings. The van der Waals surface area contributed by atoms with Gasteiger partial charge in [-0.25, -0.2) is 4.39 Å². The van der Waals surface area contributed by atoms with Crippen molar-refractivity contribution in [3.8, 4) is 28.7 Å². The fourth-order valence-electron chi connectivity index (χ4n) is 6.96. The third kappa shape index (κ3) is 7.46. The van der Waals surface area contributed by atoms with E-state index in [9.17, 15) is 23.6 Å². The Hall–Kier alpha value is -6.11. The summed E-state index contributed by atoms with van der Waals surface area (Å²) in [6.45, 7) is 0.756. The second kappa shape index (κ2) is 14.9. The first kappa shape index (κ1) is 35.3. The quantitative estimate of drug-likeness (QED) is 0.297. The number of piperidine rings is 1. The summed E-state index contributed by atoms with van der Waals surface area (Å²) in [6.07, 6.45) is 0.389. The van der Waals surface area contributed by atoms with E-state index in [0.29, 0.717) is 34.1 Å². The van der Waals surface area contributed by atoms with Crippen LogP contribution in [0, 0.1) is 5.82 Å². The van der Waals surface area contributed by atoms with Gasteiger partial charge in [0.15, 0.2) is 17.1 Å². The first-order chi connectivity index (χ1) is 25.6. The van der Waals surface area contributed by atoms with Gasteiger partial charge in [0.05, 0.1) is 19.6 Å². The molecule has 1 unspecified atom stereocenters. The standard InChI is InChI=1S/C40H39FN4O8/c1-44-33-6-4-3-5-31(33)32(23-36(44)46)38(48)45-16-13-40(14-17-45)39(49)43-24-25-19-27(41)22-30(20-25)52-35-21-26(7-12-34(35)50-2)37(47)42-15-18-51-28-8-10-29(53-40)11-9-28/h3-12,19-22,32H,13-18,23-24H2,1-2H3,(H,42,47)(H,43,49). The molecule has 8 rings (SSSR count). The summed E-state index contributed by atoms with van der Waals surface area (Å²) in [6, 6.07) is 23.0. The van der Waals surface area contributed by atoms with Gasteiger partial charge in [-0.15, -0.1) is 0 Å². The molecule has 53 heavy (non-hydrogen) atoms. The smallest absolute Gasteiger partial charge is 0.264 e. The molecule has 1 spiro atoms. The highest BCUT2D eigenvalue weighted by Gasteiger charge is 2.46. The van der Waals surface area contributed by atoms with Gasteiger partial charge in [0.1, 0.15) is 29.7 Å². The molecule has 4 aliphatic rings. The van der Waals surface area contributed by atoms with E-state index in [4.69, 9.17) is 18.9 Å². The number of likely N-dealkylation sites (tertiary alicyclic amines) is 1. The predicted molar refractivity (Wildman–Crippen MR) is 192 cm³/mol. The molecule has 4 amide bonds. The number of hydrogen-bond donors (Lipinski definition) is 2. The summed E-state index contributed by atoms with van der Waals surface area (Å²) in [5, 5.41) is 5.74. The number of amides is 4. The maximum Gasteiger partial charge on any atom is 0.264 e. The van der Waals surface area contributed by atoms with E-state index in [2.05, 4.69) is 10.6 Å². The molecule has 0 radical (unpaired) electrons. The van der Waals surface area contributed by atoms with Crippen LogP contribution in [-0.4, -0.2) is 74.5 Å². The van der Waals surface area contributed by atoms with Crippen molar-refractivity contribution in [2.45, 2.75) is 37.3 Å². The van der Waals surface area contributed by atoms with E-state index in [0.717, 1.165) is 5.56 Å². The van der Waals surface area contributed by atoms with Crippen molar-refractivity contribution in [3.63, 3.8) is 0 Å². The number of methoxy groups -OCH3 is 1. The lowest BCUT2D eigenvalue weighted by Crippen LogP contribution is -2.58. The lowest BCUT2D eigenvalue weighted by Gasteiger charge is -2.42. The van der Waals surface area contributed by atoms with E-state index < -0.39 is 23.2 Å². The number of carbonyl (C=O) groups excluding carboxylic acids is 4. The number of carbonyl (C=O) groups is 4. The van der Waals surface area contributed by atoms with Crippen molar-refractivity contribution in [1.82, 2.24) is 15.5 Å². The fourth-order valence-corrected chi connectivity index (χ4v) is 6.96. The number of nitrogens with one attached hydrogen (secondary N) is 2. The van der Waals surface area contributed by atoms with Crippen LogP contribution in [0.1, 0.15) is 46.7 Å². The molecule has 12 nitrogen and oxygen atoms in total. The molecule has 0 aliphatic carbocycles. The van der Waals surface area contributed by atoms with E-state index in [1.54, 1.807) is 59.3 Å². The second-order valence-corrected chi connectivity index (χ2v) is 13.2. The van der Waals surface area contributed by atoms with Crippen molar-refractivity contribution < 1.29 is 42.5 Å². The van der Waals surface area contributed by atoms with Crippen molar-refractivity contribution in [2.75, 3.05) is 45.3 Å². The number of benzene rings is 4. The Morgan fingerprint density at radius 1 is 0.906 bits per heavy atom. The summed E-state index contributed by atoms with van der Waals surface area (Å²) in [4.78, 5) is 57.1. The maximum atomic E-state index is 14.9. The highest BCUT2D eigenvalue weighted by molar-refractivity contribution is 6.02. The van der Waals surface area contributed by atoms with Crippen molar-refractivity contribution in [1.29, 1.82) is 0 Å². The number of hydrogen-bond acceptors (Lipinski definition) is 8. The third-order valence-electron chi connectivity index (χ3n) is 9.85. The van der Waals surface area contributed by atoms with Crippen LogP contribution in [0.25, 0.3) is 0 Å². The largest absolute Gasteiger partial charge is 0.493 e. The Morgan fingerprint density at radius 3 is 2.43 bits per heavy atom. The van der Waals surface area contributed by atoms with Crippen molar-refractivity contribution in [3.05, 3.63) is 107 Å². The third-order valence-corrected chi connectivity index (χ3v) is 9.85. The van der Waals surface area contributed by atoms with E-state index in [-0.39, 0.29) is 81.3 Å². The van der Waals surface area contributed by atoms with Crippen molar-refractivity contribution >= 4 is 29.3 Å². The van der Waals surface area contributed by atoms with Gasteiger partial charge in [-0.1, -0.05) is 18.2 Å². The second-order valence-electron chi connectivity index (χ2n) is 13.2. The lowest BCUT2D eigenvalue weighted by molar-refractivity contribution is -0.147. The zero-order valence-corrected chi connectivity index (χ0v) is 29.4. The number of halogens is 1. The average Bonchev–Trinajstić information content (AvgIpc) is 3.17. The van der Waals surface area contributed by atoms with Gasteiger partial charge < -0.3 is 39.4 Å². The zero-order chi connectivity index (χ0) is 37.1. The van der Waals surface area contributed by atoms with Gasteiger partial charge in [0.25, 0.3) is 11.8 Å². The highest BCUT2D eigenvalue weighted by atomic mass is 19.1. The molecule has 6 bridgehead atoms. The van der Waals surface area contributed by atoms with Crippen LogP contribution in [0.15, 0.2) is 84.9 Å². The van der Waals surface area contributed by atoms with E-state index in [1.807, 2.05) is 24.3 Å². The van der Waals surface area contributed by atoms with Gasteiger partial charge in [-0.05, 0) is 71.8 Å². The minimum Gasteiger partial charge on any atom is -0.493 e. The number of ether oxygens (including phenoxy) is 4. The van der Waals surface area contributed by atoms with Crippen LogP contribution in [-0.2, 0) is 20.9 Å². The molecule has 274 valence electrons. The normalized spacial score (nSPS) is 18.7. The molecule has 4 heterocycles. The minimum absolute atomic E-state index is 0.0540. The number of fused-ring (bicyclic) bond motifs is 9. The molecule has 4 aliphatic heterocycles. The van der Waals surface area contributed by atoms with E-state index >= 15 is 0 Å². The molecule has 13 heteroatoms. The van der Waals surface area contributed by atoms with Gasteiger partial charge >= 0.3 is 0 Å². The number of rotatable bonds is 2. The molecular formula is C40H39FN4O8. The molecule has 2 N–H and O–H groups in total. The summed E-state index contributed by atoms with van der Waals surface area (Å²) < 4.78 is 38.7. The fraction of sp³-hybridized carbons (Fsp3) is 0.300. The molecule has 0 aromatic heterocycles. The Bertz CT molecular complexity index is 2050.